The van der Waals surface area contributed by atoms with Crippen LogP contribution >= 0.6 is 0 Å². The number of methoxy groups -OCH3 is 1. The molecule has 1 aromatic carbocycles. The quantitative estimate of drug-likeness (QED) is 0.267. The molecule has 0 spiro atoms. The molecule has 2 aromatic heterocycles. The molecule has 3 heterocycles. The SMILES string of the molecule is CCCCC(CO)Nc1nc(N)nc2ccn(Cc3ccc(CC(=O)OCC(=O)N4CCOCC4)cc3OC)c12. The number of carbonyl (C=O) groups is 2. The lowest BCUT2D eigenvalue weighted by molar-refractivity contribution is -0.153. The number of aliphatic hydroxyl groups excluding tert-OH is 1. The van der Waals surface area contributed by atoms with E-state index >= 15 is 0 Å². The number of nitrogens with two attached hydrogens (primary N) is 1. The highest BCUT2D eigenvalue weighted by Crippen LogP contribution is 2.28. The number of aliphatic hydroxyl groups is 1. The fourth-order valence-corrected chi connectivity index (χ4v) is 4.69. The fraction of sp³-hybridized carbons (Fsp3) is 0.500. The van der Waals surface area contributed by atoms with Gasteiger partial charge in [-0.25, -0.2) is 4.98 Å². The first-order valence-corrected chi connectivity index (χ1v) is 13.6. The van der Waals surface area contributed by atoms with E-state index in [1.807, 2.05) is 29.0 Å². The molecular weight excluding hydrogens is 516 g/mol. The molecule has 3 aromatic rings. The Morgan fingerprint density at radius 1 is 1.23 bits per heavy atom. The maximum absolute atomic E-state index is 12.4. The lowest BCUT2D eigenvalue weighted by Crippen LogP contribution is -2.42. The molecule has 1 saturated heterocycles. The Kier molecular flexibility index (Phi) is 10.1. The molecule has 12 nitrogen and oxygen atoms in total. The minimum atomic E-state index is -0.486. The second-order valence-electron chi connectivity index (χ2n) is 9.75. The molecule has 0 saturated carbocycles. The van der Waals surface area contributed by atoms with Crippen LogP contribution in [0.4, 0.5) is 11.8 Å². The Hall–Kier alpha value is -3.90. The topological polar surface area (TPSA) is 154 Å². The van der Waals surface area contributed by atoms with E-state index in [0.717, 1.165) is 30.3 Å². The number of amides is 1. The van der Waals surface area contributed by atoms with Gasteiger partial charge >= 0.3 is 5.97 Å². The summed E-state index contributed by atoms with van der Waals surface area (Å²) in [6.45, 7) is 4.24. The van der Waals surface area contributed by atoms with Crippen LogP contribution in [0.3, 0.4) is 0 Å². The molecule has 1 fully saturated rings. The second-order valence-corrected chi connectivity index (χ2v) is 9.75. The lowest BCUT2D eigenvalue weighted by atomic mass is 10.1. The first-order chi connectivity index (χ1) is 19.4. The first-order valence-electron chi connectivity index (χ1n) is 13.6. The summed E-state index contributed by atoms with van der Waals surface area (Å²) in [6, 6.07) is 7.25. The highest BCUT2D eigenvalue weighted by atomic mass is 16.5. The van der Waals surface area contributed by atoms with Gasteiger partial charge in [-0.1, -0.05) is 31.9 Å². The van der Waals surface area contributed by atoms with Gasteiger partial charge in [0.05, 0.1) is 51.5 Å². The average molecular weight is 555 g/mol. The predicted molar refractivity (Wildman–Crippen MR) is 150 cm³/mol. The number of morpholine rings is 1. The smallest absolute Gasteiger partial charge is 0.310 e. The van der Waals surface area contributed by atoms with Crippen molar-refractivity contribution in [2.75, 3.05) is 57.7 Å². The van der Waals surface area contributed by atoms with Gasteiger partial charge in [-0.2, -0.15) is 4.98 Å². The molecule has 1 amide bonds. The number of unbranched alkanes of at least 4 members (excludes halogenated alkanes) is 1. The van der Waals surface area contributed by atoms with E-state index in [1.165, 1.54) is 0 Å². The standard InChI is InChI=1S/C28H38N6O6/c1-3-4-5-21(17-35)30-27-26-22(31-28(29)32-27)8-9-34(26)16-20-7-6-19(14-23(20)38-2)15-25(37)40-18-24(36)33-10-12-39-13-11-33/h6-9,14,21,35H,3-5,10-13,15-18H2,1-2H3,(H3,29,30,31,32). The van der Waals surface area contributed by atoms with E-state index in [0.29, 0.717) is 55.5 Å². The Labute approximate surface area is 233 Å². The number of fused-ring (bicyclic) bond motifs is 1. The van der Waals surface area contributed by atoms with Gasteiger partial charge in [0, 0.05) is 24.8 Å². The van der Waals surface area contributed by atoms with Crippen LogP contribution in [-0.2, 0) is 32.0 Å². The molecule has 4 N–H and O–H groups in total. The average Bonchev–Trinajstić information content (AvgIpc) is 3.37. The minimum Gasteiger partial charge on any atom is -0.496 e. The number of carbonyl (C=O) groups excluding carboxylic acids is 2. The van der Waals surface area contributed by atoms with Crippen molar-refractivity contribution in [2.45, 2.75) is 45.2 Å². The van der Waals surface area contributed by atoms with Crippen LogP contribution in [0.1, 0.15) is 37.3 Å². The van der Waals surface area contributed by atoms with E-state index < -0.39 is 5.97 Å². The van der Waals surface area contributed by atoms with Gasteiger partial charge < -0.3 is 39.8 Å². The Balaban J connectivity index is 1.46. The Morgan fingerprint density at radius 2 is 2.02 bits per heavy atom. The zero-order chi connectivity index (χ0) is 28.5. The normalized spacial score (nSPS) is 14.2. The van der Waals surface area contributed by atoms with Crippen molar-refractivity contribution in [3.63, 3.8) is 0 Å². The van der Waals surface area contributed by atoms with Crippen molar-refractivity contribution in [1.29, 1.82) is 0 Å². The Bertz CT molecular complexity index is 1310. The van der Waals surface area contributed by atoms with E-state index in [4.69, 9.17) is 19.9 Å². The molecule has 216 valence electrons. The molecule has 0 radical (unpaired) electrons. The molecule has 1 aliphatic heterocycles. The van der Waals surface area contributed by atoms with Gasteiger partial charge in [-0.15, -0.1) is 0 Å². The number of hydrogen-bond acceptors (Lipinski definition) is 10. The molecule has 4 rings (SSSR count). The summed E-state index contributed by atoms with van der Waals surface area (Å²) in [5.74, 6) is 0.616. The number of nitrogen functional groups attached to an aromatic ring is 1. The molecule has 1 atom stereocenters. The molecule has 1 unspecified atom stereocenters. The van der Waals surface area contributed by atoms with Crippen LogP contribution in [0.5, 0.6) is 5.75 Å². The number of benzene rings is 1. The molecule has 40 heavy (non-hydrogen) atoms. The van der Waals surface area contributed by atoms with Crippen molar-refractivity contribution in [3.05, 3.63) is 41.6 Å². The third-order valence-corrected chi connectivity index (χ3v) is 6.86. The lowest BCUT2D eigenvalue weighted by Gasteiger charge is -2.26. The third kappa shape index (κ3) is 7.39. The van der Waals surface area contributed by atoms with Crippen LogP contribution in [0.15, 0.2) is 30.5 Å². The number of aromatic nitrogens is 3. The maximum atomic E-state index is 12.4. The number of anilines is 2. The van der Waals surface area contributed by atoms with Crippen molar-refractivity contribution in [1.82, 2.24) is 19.4 Å². The van der Waals surface area contributed by atoms with Gasteiger partial charge in [-0.05, 0) is 24.1 Å². The van der Waals surface area contributed by atoms with Gasteiger partial charge in [0.15, 0.2) is 12.4 Å². The summed E-state index contributed by atoms with van der Waals surface area (Å²) in [5.41, 5.74) is 9.01. The zero-order valence-electron chi connectivity index (χ0n) is 23.1. The van der Waals surface area contributed by atoms with Crippen molar-refractivity contribution in [2.24, 2.45) is 0 Å². The summed E-state index contributed by atoms with van der Waals surface area (Å²) >= 11 is 0. The van der Waals surface area contributed by atoms with Crippen LogP contribution < -0.4 is 15.8 Å². The van der Waals surface area contributed by atoms with E-state index in [9.17, 15) is 14.7 Å². The minimum absolute atomic E-state index is 0.0149. The first kappa shape index (κ1) is 29.1. The summed E-state index contributed by atoms with van der Waals surface area (Å²) < 4.78 is 18.1. The summed E-state index contributed by atoms with van der Waals surface area (Å²) in [5, 5.41) is 13.2. The summed E-state index contributed by atoms with van der Waals surface area (Å²) in [4.78, 5) is 35.1. The van der Waals surface area contributed by atoms with Gasteiger partial charge in [0.2, 0.25) is 5.95 Å². The molecular formula is C28H38N6O6. The summed E-state index contributed by atoms with van der Waals surface area (Å²) in [6.07, 6.45) is 4.72. The number of rotatable bonds is 13. The van der Waals surface area contributed by atoms with Crippen molar-refractivity contribution < 1.29 is 28.9 Å². The van der Waals surface area contributed by atoms with Gasteiger partial charge in [0.1, 0.15) is 11.3 Å². The Morgan fingerprint density at radius 3 is 2.75 bits per heavy atom. The summed E-state index contributed by atoms with van der Waals surface area (Å²) in [7, 11) is 1.58. The van der Waals surface area contributed by atoms with Crippen LogP contribution in [0.2, 0.25) is 0 Å². The maximum Gasteiger partial charge on any atom is 0.310 e. The van der Waals surface area contributed by atoms with E-state index in [-0.39, 0.29) is 37.5 Å². The molecule has 0 bridgehead atoms. The van der Waals surface area contributed by atoms with Gasteiger partial charge in [0.25, 0.3) is 5.91 Å². The van der Waals surface area contributed by atoms with E-state index in [1.54, 1.807) is 18.1 Å². The molecule has 12 heteroatoms. The predicted octanol–water partition coefficient (Wildman–Crippen LogP) is 1.98. The second kappa shape index (κ2) is 13.9. The zero-order valence-corrected chi connectivity index (χ0v) is 23.1. The number of esters is 1. The van der Waals surface area contributed by atoms with Crippen molar-refractivity contribution in [3.8, 4) is 5.75 Å². The third-order valence-electron chi connectivity index (χ3n) is 6.86. The number of nitrogens with one attached hydrogen (secondary N) is 1. The van der Waals surface area contributed by atoms with E-state index in [2.05, 4.69) is 22.2 Å². The largest absolute Gasteiger partial charge is 0.496 e. The van der Waals surface area contributed by atoms with Gasteiger partial charge in [-0.3, -0.25) is 9.59 Å². The fourth-order valence-electron chi connectivity index (χ4n) is 4.69. The van der Waals surface area contributed by atoms with Crippen LogP contribution in [0, 0.1) is 0 Å². The number of nitrogens with zero attached hydrogens (tertiary/aromatic N) is 4. The molecule has 1 aliphatic rings. The van der Waals surface area contributed by atoms with Crippen LogP contribution in [-0.4, -0.2) is 89.1 Å². The van der Waals surface area contributed by atoms with Crippen molar-refractivity contribution >= 4 is 34.7 Å². The number of hydrogen-bond donors (Lipinski definition) is 3. The number of ether oxygens (including phenoxy) is 3. The monoisotopic (exact) mass is 554 g/mol. The van der Waals surface area contributed by atoms with Crippen LogP contribution in [0.25, 0.3) is 11.0 Å². The molecule has 0 aliphatic carbocycles. The highest BCUT2D eigenvalue weighted by molar-refractivity contribution is 5.88. The highest BCUT2D eigenvalue weighted by Gasteiger charge is 2.19.